The maximum absolute atomic E-state index is 12.9. The van der Waals surface area contributed by atoms with Gasteiger partial charge in [-0.05, 0) is 54.1 Å². The van der Waals surface area contributed by atoms with E-state index in [1.54, 1.807) is 6.07 Å². The van der Waals surface area contributed by atoms with E-state index in [9.17, 15) is 4.79 Å². The van der Waals surface area contributed by atoms with Crippen molar-refractivity contribution in [3.05, 3.63) is 113 Å². The van der Waals surface area contributed by atoms with Gasteiger partial charge in [-0.3, -0.25) is 9.36 Å². The van der Waals surface area contributed by atoms with Crippen LogP contribution in [0.25, 0.3) is 27.8 Å². The minimum absolute atomic E-state index is 0.147. The highest BCUT2D eigenvalue weighted by molar-refractivity contribution is 9.10. The summed E-state index contributed by atoms with van der Waals surface area (Å²) in [5, 5.41) is 3.07. The molecule has 5 aromatic rings. The third kappa shape index (κ3) is 4.20. The molecule has 1 heterocycles. The van der Waals surface area contributed by atoms with Gasteiger partial charge in [0.25, 0.3) is 5.91 Å². The van der Waals surface area contributed by atoms with Gasteiger partial charge >= 0.3 is 0 Å². The number of benzene rings is 4. The van der Waals surface area contributed by atoms with E-state index in [4.69, 9.17) is 4.98 Å². The van der Waals surface area contributed by atoms with E-state index in [1.807, 2.05) is 60.7 Å². The zero-order valence-corrected chi connectivity index (χ0v) is 19.7. The number of carbonyl (C=O) groups is 1. The van der Waals surface area contributed by atoms with Crippen LogP contribution in [-0.4, -0.2) is 15.5 Å². The highest BCUT2D eigenvalue weighted by Gasteiger charge is 2.14. The van der Waals surface area contributed by atoms with Crippen molar-refractivity contribution in [1.29, 1.82) is 0 Å². The molecule has 0 saturated carbocycles. The fourth-order valence-electron chi connectivity index (χ4n) is 4.07. The number of nitrogens with zero attached hydrogens (tertiary/aromatic N) is 2. The lowest BCUT2D eigenvalue weighted by atomic mass is 10.0. The first kappa shape index (κ1) is 21.2. The number of imidazole rings is 1. The highest BCUT2D eigenvalue weighted by atomic mass is 79.9. The second-order valence-electron chi connectivity index (χ2n) is 7.77. The SMILES string of the molecule is CCc1nc2cc(-c3ccccc3NC(=O)c3cccc(Br)c3)ccc2n1-c1ccccc1. The largest absolute Gasteiger partial charge is 0.321 e. The number of aromatic nitrogens is 2. The number of amides is 1. The molecule has 162 valence electrons. The fourth-order valence-corrected chi connectivity index (χ4v) is 4.47. The molecule has 0 bridgehead atoms. The molecule has 4 aromatic carbocycles. The van der Waals surface area contributed by atoms with Crippen molar-refractivity contribution in [1.82, 2.24) is 9.55 Å². The summed E-state index contributed by atoms with van der Waals surface area (Å²) in [7, 11) is 0. The number of hydrogen-bond donors (Lipinski definition) is 1. The topological polar surface area (TPSA) is 46.9 Å². The van der Waals surface area contributed by atoms with Crippen LogP contribution in [0, 0.1) is 0 Å². The van der Waals surface area contributed by atoms with E-state index in [2.05, 4.69) is 63.1 Å². The van der Waals surface area contributed by atoms with Crippen molar-refractivity contribution in [2.45, 2.75) is 13.3 Å². The first-order valence-electron chi connectivity index (χ1n) is 10.9. The lowest BCUT2D eigenvalue weighted by Gasteiger charge is -2.12. The van der Waals surface area contributed by atoms with Gasteiger partial charge in [-0.2, -0.15) is 0 Å². The van der Waals surface area contributed by atoms with Gasteiger partial charge in [-0.25, -0.2) is 4.98 Å². The van der Waals surface area contributed by atoms with Crippen LogP contribution in [-0.2, 0) is 6.42 Å². The van der Waals surface area contributed by atoms with Crippen LogP contribution in [0.3, 0.4) is 0 Å². The molecule has 0 atom stereocenters. The van der Waals surface area contributed by atoms with Gasteiger partial charge in [0.1, 0.15) is 5.82 Å². The predicted octanol–water partition coefficient (Wildman–Crippen LogP) is 7.27. The molecular weight excluding hydrogens is 474 g/mol. The summed E-state index contributed by atoms with van der Waals surface area (Å²) < 4.78 is 3.08. The number of halogens is 1. The van der Waals surface area contributed by atoms with Gasteiger partial charge in [-0.1, -0.05) is 71.4 Å². The van der Waals surface area contributed by atoms with Crippen LogP contribution >= 0.6 is 15.9 Å². The number of hydrogen-bond acceptors (Lipinski definition) is 2. The summed E-state index contributed by atoms with van der Waals surface area (Å²) in [6.07, 6.45) is 0.832. The number of para-hydroxylation sites is 2. The zero-order valence-electron chi connectivity index (χ0n) is 18.1. The number of nitrogens with one attached hydrogen (secondary N) is 1. The Balaban J connectivity index is 1.55. The molecule has 5 rings (SSSR count). The van der Waals surface area contributed by atoms with Gasteiger partial charge in [0.05, 0.1) is 11.0 Å². The Kier molecular flexibility index (Phi) is 5.80. The van der Waals surface area contributed by atoms with Crippen LogP contribution in [0.4, 0.5) is 5.69 Å². The van der Waals surface area contributed by atoms with Crippen LogP contribution < -0.4 is 5.32 Å². The van der Waals surface area contributed by atoms with Crippen molar-refractivity contribution >= 4 is 38.6 Å². The van der Waals surface area contributed by atoms with E-state index in [1.165, 1.54) is 0 Å². The van der Waals surface area contributed by atoms with Crippen LogP contribution in [0.1, 0.15) is 23.1 Å². The smallest absolute Gasteiger partial charge is 0.255 e. The Bertz CT molecular complexity index is 1460. The fraction of sp³-hybridized carbons (Fsp3) is 0.0714. The second kappa shape index (κ2) is 9.04. The number of fused-ring (bicyclic) bond motifs is 1. The Morgan fingerprint density at radius 2 is 1.70 bits per heavy atom. The van der Waals surface area contributed by atoms with E-state index >= 15 is 0 Å². The van der Waals surface area contributed by atoms with Crippen molar-refractivity contribution in [3.8, 4) is 16.8 Å². The normalized spacial score (nSPS) is 11.0. The van der Waals surface area contributed by atoms with Gasteiger partial charge in [0.15, 0.2) is 0 Å². The molecule has 0 fully saturated rings. The first-order valence-corrected chi connectivity index (χ1v) is 11.7. The molecule has 5 heteroatoms. The quantitative estimate of drug-likeness (QED) is 0.278. The summed E-state index contributed by atoms with van der Waals surface area (Å²) in [5.41, 5.74) is 6.43. The lowest BCUT2D eigenvalue weighted by Crippen LogP contribution is -2.12. The third-order valence-electron chi connectivity index (χ3n) is 5.63. The molecule has 0 radical (unpaired) electrons. The average Bonchev–Trinajstić information content (AvgIpc) is 3.23. The molecule has 1 N–H and O–H groups in total. The average molecular weight is 496 g/mol. The molecule has 1 amide bonds. The minimum atomic E-state index is -0.147. The second-order valence-corrected chi connectivity index (χ2v) is 8.68. The molecule has 0 aliphatic carbocycles. The molecule has 33 heavy (non-hydrogen) atoms. The first-order chi connectivity index (χ1) is 16.1. The van der Waals surface area contributed by atoms with E-state index < -0.39 is 0 Å². The standard InChI is InChI=1S/C28H22BrN3O/c1-2-27-30-25-18-19(15-16-26(25)32(27)22-11-4-3-5-12-22)23-13-6-7-14-24(23)31-28(33)20-9-8-10-21(29)17-20/h3-18H,2H2,1H3,(H,31,33). The molecular formula is C28H22BrN3O. The molecule has 1 aromatic heterocycles. The third-order valence-corrected chi connectivity index (χ3v) is 6.12. The van der Waals surface area contributed by atoms with E-state index in [-0.39, 0.29) is 5.91 Å². The zero-order chi connectivity index (χ0) is 22.8. The van der Waals surface area contributed by atoms with Crippen LogP contribution in [0.5, 0.6) is 0 Å². The van der Waals surface area contributed by atoms with Gasteiger partial charge in [0.2, 0.25) is 0 Å². The number of carbonyl (C=O) groups excluding carboxylic acids is 1. The molecule has 4 nitrogen and oxygen atoms in total. The van der Waals surface area contributed by atoms with Gasteiger partial charge in [0, 0.05) is 33.4 Å². The maximum Gasteiger partial charge on any atom is 0.255 e. The Hall–Kier alpha value is -3.70. The Labute approximate surface area is 201 Å². The van der Waals surface area contributed by atoms with Crippen LogP contribution in [0.2, 0.25) is 0 Å². The lowest BCUT2D eigenvalue weighted by molar-refractivity contribution is 0.102. The van der Waals surface area contributed by atoms with E-state index in [0.717, 1.165) is 50.3 Å². The van der Waals surface area contributed by atoms with Crippen molar-refractivity contribution in [2.75, 3.05) is 5.32 Å². The van der Waals surface area contributed by atoms with Crippen molar-refractivity contribution in [3.63, 3.8) is 0 Å². The Morgan fingerprint density at radius 1 is 0.909 bits per heavy atom. The minimum Gasteiger partial charge on any atom is -0.321 e. The molecule has 0 unspecified atom stereocenters. The summed E-state index contributed by atoms with van der Waals surface area (Å²) in [6, 6.07) is 31.8. The van der Waals surface area contributed by atoms with E-state index in [0.29, 0.717) is 5.56 Å². The summed E-state index contributed by atoms with van der Waals surface area (Å²) in [4.78, 5) is 17.8. The maximum atomic E-state index is 12.9. The van der Waals surface area contributed by atoms with Crippen molar-refractivity contribution < 1.29 is 4.79 Å². The van der Waals surface area contributed by atoms with Crippen LogP contribution in [0.15, 0.2) is 102 Å². The van der Waals surface area contributed by atoms with Gasteiger partial charge < -0.3 is 5.32 Å². The molecule has 0 saturated heterocycles. The highest BCUT2D eigenvalue weighted by Crippen LogP contribution is 2.32. The predicted molar refractivity (Wildman–Crippen MR) is 138 cm³/mol. The monoisotopic (exact) mass is 495 g/mol. The summed E-state index contributed by atoms with van der Waals surface area (Å²) >= 11 is 3.43. The van der Waals surface area contributed by atoms with Crippen molar-refractivity contribution in [2.24, 2.45) is 0 Å². The summed E-state index contributed by atoms with van der Waals surface area (Å²) in [6.45, 7) is 2.12. The number of aryl methyl sites for hydroxylation is 1. The molecule has 0 aliphatic heterocycles. The number of rotatable bonds is 5. The number of anilines is 1. The van der Waals surface area contributed by atoms with Gasteiger partial charge in [-0.15, -0.1) is 0 Å². The molecule has 0 spiro atoms. The summed E-state index contributed by atoms with van der Waals surface area (Å²) in [5.74, 6) is 0.871. The molecule has 0 aliphatic rings. The Morgan fingerprint density at radius 3 is 2.48 bits per heavy atom.